The van der Waals surface area contributed by atoms with Crippen molar-refractivity contribution in [3.05, 3.63) is 313 Å². The molecule has 0 unspecified atom stereocenters. The highest BCUT2D eigenvalue weighted by molar-refractivity contribution is 6.06. The Morgan fingerprint density at radius 1 is 0.196 bits per heavy atom. The number of nitrogens with zero attached hydrogens (tertiary/aromatic N) is 6. The molecule has 0 aliphatic heterocycles. The predicted octanol–water partition coefficient (Wildman–Crippen LogP) is 23.1. The molecule has 2 aliphatic carbocycles. The molecule has 12 aromatic carbocycles. The van der Waals surface area contributed by atoms with Gasteiger partial charge in [-0.3, -0.25) is 0 Å². The maximum absolute atomic E-state index is 6.25. The number of fused-ring (bicyclic) bond motifs is 9. The summed E-state index contributed by atoms with van der Waals surface area (Å²) in [5.74, 6) is 3.86. The van der Waals surface area contributed by atoms with Crippen molar-refractivity contribution in [1.29, 1.82) is 0 Å². The van der Waals surface area contributed by atoms with E-state index in [0.29, 0.717) is 34.9 Å². The van der Waals surface area contributed by atoms with Crippen molar-refractivity contribution < 1.29 is 4.42 Å². The van der Waals surface area contributed by atoms with Gasteiger partial charge in [-0.1, -0.05) is 304 Å². The summed E-state index contributed by atoms with van der Waals surface area (Å²) in [6, 6.07) is 102. The number of hydrogen-bond acceptors (Lipinski definition) is 7. The van der Waals surface area contributed by atoms with E-state index in [2.05, 4.69) is 268 Å². The third kappa shape index (κ3) is 10.6. The molecular formula is C90H72N6O. The normalized spacial score (nSPS) is 14.3. The Hall–Kier alpha value is -11.5. The van der Waals surface area contributed by atoms with Crippen molar-refractivity contribution in [2.75, 3.05) is 0 Å². The zero-order valence-corrected chi connectivity index (χ0v) is 55.8. The Morgan fingerprint density at radius 3 is 0.814 bits per heavy atom. The molecule has 0 bridgehead atoms. The molecular weight excluding hydrogens is 1180 g/mol. The van der Waals surface area contributed by atoms with Crippen LogP contribution in [0.25, 0.3) is 146 Å². The van der Waals surface area contributed by atoms with Gasteiger partial charge < -0.3 is 4.42 Å². The van der Waals surface area contributed by atoms with E-state index in [9.17, 15) is 0 Å². The molecule has 17 rings (SSSR count). The molecule has 0 radical (unpaired) electrons. The van der Waals surface area contributed by atoms with Crippen LogP contribution in [0, 0.1) is 0 Å². The zero-order valence-electron chi connectivity index (χ0n) is 55.8. The van der Waals surface area contributed by atoms with Crippen LogP contribution in [-0.4, -0.2) is 29.9 Å². The first kappa shape index (κ1) is 60.4. The first-order valence-corrected chi connectivity index (χ1v) is 33.5. The maximum Gasteiger partial charge on any atom is 0.164 e. The number of para-hydroxylation sites is 1. The predicted molar refractivity (Wildman–Crippen MR) is 399 cm³/mol. The van der Waals surface area contributed by atoms with Crippen molar-refractivity contribution in [1.82, 2.24) is 29.9 Å². The fourth-order valence-corrected chi connectivity index (χ4v) is 14.5. The van der Waals surface area contributed by atoms with Crippen molar-refractivity contribution in [2.45, 2.75) is 77.0 Å². The molecule has 0 fully saturated rings. The quantitative estimate of drug-likeness (QED) is 0.142. The lowest BCUT2D eigenvalue weighted by atomic mass is 9.55. The van der Waals surface area contributed by atoms with Crippen LogP contribution in [0.3, 0.4) is 0 Å². The van der Waals surface area contributed by atoms with Crippen LogP contribution in [0.1, 0.15) is 77.6 Å². The molecule has 0 N–H and O–H groups in total. The van der Waals surface area contributed by atoms with E-state index < -0.39 is 0 Å². The zero-order chi connectivity index (χ0) is 66.2. The Bertz CT molecular complexity index is 5490. The minimum atomic E-state index is -0.108. The van der Waals surface area contributed by atoms with Crippen LogP contribution in [0.2, 0.25) is 0 Å². The number of benzene rings is 12. The van der Waals surface area contributed by atoms with Crippen LogP contribution >= 0.6 is 0 Å². The molecule has 0 saturated heterocycles. The Labute approximate surface area is 567 Å². The molecule has 15 aromatic rings. The standard InChI is InChI=1S/C45H35N3O.C45H37N3/c1-44(2)37-23-20-30(28-13-7-5-8-14-28)25-35(37)36-26-31(21-24-38(36)45(44,3)4)42-46-41(29-15-9-6-10-16-29)47-43(48-42)32-19-22-34-33-17-11-12-18-39(33)49-40(34)27-32;1-44(2)39-26-24-35(31-16-10-6-11-17-31)28-37(39)38-29-36(25-27-40(38)45(44,3)4)43-47-41(33-18-12-7-13-19-33)46-42(48-43)34-22-20-32(21-23-34)30-14-8-5-9-15-30/h5-27H,1-4H3;5-29H,1-4H3. The largest absolute Gasteiger partial charge is 0.456 e. The molecule has 0 atom stereocenters. The summed E-state index contributed by atoms with van der Waals surface area (Å²) in [6.07, 6.45) is 0. The smallest absolute Gasteiger partial charge is 0.164 e. The molecule has 7 nitrogen and oxygen atoms in total. The van der Waals surface area contributed by atoms with Crippen LogP contribution in [0.4, 0.5) is 0 Å². The first-order valence-electron chi connectivity index (χ1n) is 33.5. The second-order valence-electron chi connectivity index (χ2n) is 27.9. The van der Waals surface area contributed by atoms with E-state index in [4.69, 9.17) is 34.3 Å². The van der Waals surface area contributed by atoms with E-state index in [1.165, 1.54) is 72.3 Å². The van der Waals surface area contributed by atoms with Crippen LogP contribution in [-0.2, 0) is 21.7 Å². The fourth-order valence-electron chi connectivity index (χ4n) is 14.5. The fraction of sp³-hybridized carbons (Fsp3) is 0.133. The van der Waals surface area contributed by atoms with Gasteiger partial charge in [-0.25, -0.2) is 29.9 Å². The van der Waals surface area contributed by atoms with Crippen molar-refractivity contribution in [3.63, 3.8) is 0 Å². The molecule has 7 heteroatoms. The van der Waals surface area contributed by atoms with Crippen LogP contribution < -0.4 is 0 Å². The van der Waals surface area contributed by atoms with Gasteiger partial charge in [-0.05, 0) is 142 Å². The summed E-state index contributed by atoms with van der Waals surface area (Å²) < 4.78 is 6.25. The summed E-state index contributed by atoms with van der Waals surface area (Å²) in [7, 11) is 0. The minimum absolute atomic E-state index is 0.0706. The summed E-state index contributed by atoms with van der Waals surface area (Å²) in [4.78, 5) is 30.4. The molecule has 468 valence electrons. The van der Waals surface area contributed by atoms with Gasteiger partial charge in [-0.15, -0.1) is 0 Å². The number of aromatic nitrogens is 6. The molecule has 0 spiro atoms. The second kappa shape index (κ2) is 23.7. The lowest BCUT2D eigenvalue weighted by Crippen LogP contribution is -2.43. The summed E-state index contributed by atoms with van der Waals surface area (Å²) in [5, 5.41) is 2.17. The molecule has 3 heterocycles. The van der Waals surface area contributed by atoms with Crippen molar-refractivity contribution in [2.24, 2.45) is 0 Å². The van der Waals surface area contributed by atoms with E-state index in [0.717, 1.165) is 60.9 Å². The molecule has 2 aliphatic rings. The van der Waals surface area contributed by atoms with Gasteiger partial charge in [0.15, 0.2) is 34.9 Å². The average Bonchev–Trinajstić information content (AvgIpc) is 1.22. The van der Waals surface area contributed by atoms with Gasteiger partial charge >= 0.3 is 0 Å². The second-order valence-corrected chi connectivity index (χ2v) is 27.9. The molecule has 97 heavy (non-hydrogen) atoms. The van der Waals surface area contributed by atoms with Crippen molar-refractivity contribution >= 4 is 21.9 Å². The van der Waals surface area contributed by atoms with Gasteiger partial charge in [0.2, 0.25) is 0 Å². The third-order valence-electron chi connectivity index (χ3n) is 21.4. The van der Waals surface area contributed by atoms with E-state index in [1.54, 1.807) is 0 Å². The highest BCUT2D eigenvalue weighted by Crippen LogP contribution is 2.57. The van der Waals surface area contributed by atoms with E-state index >= 15 is 0 Å². The van der Waals surface area contributed by atoms with Gasteiger partial charge in [0.1, 0.15) is 11.2 Å². The van der Waals surface area contributed by atoms with Crippen molar-refractivity contribution in [3.8, 4) is 124 Å². The van der Waals surface area contributed by atoms with Gasteiger partial charge in [0.25, 0.3) is 0 Å². The average molecular weight is 1250 g/mol. The number of rotatable bonds is 9. The van der Waals surface area contributed by atoms with E-state index in [-0.39, 0.29) is 21.7 Å². The third-order valence-corrected chi connectivity index (χ3v) is 21.4. The first-order chi connectivity index (χ1) is 47.1. The Kier molecular flexibility index (Phi) is 14.8. The topological polar surface area (TPSA) is 90.5 Å². The SMILES string of the molecule is CC1(C)c2ccc(-c3ccccc3)cc2-c2cc(-c3nc(-c4ccccc4)nc(-c4ccc(-c5ccccc5)cc4)n3)ccc2C1(C)C.CC1(C)c2ccc(-c3ccccc3)cc2-c2cc(-c3nc(-c4ccccc4)nc(-c4ccc5c(c4)oc4ccccc45)n3)ccc2C1(C)C. The molecule has 0 saturated carbocycles. The summed E-state index contributed by atoms with van der Waals surface area (Å²) in [6.45, 7) is 18.9. The van der Waals surface area contributed by atoms with Crippen LogP contribution in [0.5, 0.6) is 0 Å². The monoisotopic (exact) mass is 1250 g/mol. The van der Waals surface area contributed by atoms with Gasteiger partial charge in [-0.2, -0.15) is 0 Å². The summed E-state index contributed by atoms with van der Waals surface area (Å²) >= 11 is 0. The lowest BCUT2D eigenvalue weighted by Gasteiger charge is -2.48. The highest BCUT2D eigenvalue weighted by Gasteiger charge is 2.47. The lowest BCUT2D eigenvalue weighted by molar-refractivity contribution is 0.299. The van der Waals surface area contributed by atoms with Gasteiger partial charge in [0.05, 0.1) is 0 Å². The number of furan rings is 1. The molecule has 3 aromatic heterocycles. The Morgan fingerprint density at radius 2 is 0.433 bits per heavy atom. The highest BCUT2D eigenvalue weighted by atomic mass is 16.3. The summed E-state index contributed by atoms with van der Waals surface area (Å²) in [5.41, 5.74) is 24.5. The van der Waals surface area contributed by atoms with Crippen LogP contribution in [0.15, 0.2) is 296 Å². The minimum Gasteiger partial charge on any atom is -0.456 e. The van der Waals surface area contributed by atoms with E-state index in [1.807, 2.05) is 78.9 Å². The molecule has 0 amide bonds. The number of hydrogen-bond donors (Lipinski definition) is 0. The maximum atomic E-state index is 6.25. The van der Waals surface area contributed by atoms with Gasteiger partial charge in [0, 0.05) is 44.2 Å². The Balaban J connectivity index is 0.000000152.